The van der Waals surface area contributed by atoms with E-state index >= 15 is 0 Å². The van der Waals surface area contributed by atoms with Gasteiger partial charge in [0.2, 0.25) is 17.7 Å². The van der Waals surface area contributed by atoms with Gasteiger partial charge in [-0.2, -0.15) is 9.37 Å². The molecule has 132 valence electrons. The molecule has 0 N–H and O–H groups in total. The maximum atomic E-state index is 13.9. The van der Waals surface area contributed by atoms with Crippen molar-refractivity contribution in [3.8, 4) is 5.88 Å². The first-order valence-corrected chi connectivity index (χ1v) is 8.62. The number of carbonyl (C=O) groups is 1. The quantitative estimate of drug-likeness (QED) is 0.765. The number of benzene rings is 1. The molecule has 2 aromatic rings. The Morgan fingerprint density at radius 3 is 2.80 bits per heavy atom. The molecular formula is C18H19ClFN3O2. The van der Waals surface area contributed by atoms with Gasteiger partial charge >= 0.3 is 0 Å². The summed E-state index contributed by atoms with van der Waals surface area (Å²) in [5.41, 5.74) is 3.74. The van der Waals surface area contributed by atoms with Gasteiger partial charge in [-0.15, -0.1) is 11.6 Å². The van der Waals surface area contributed by atoms with E-state index in [0.717, 1.165) is 24.8 Å². The highest BCUT2D eigenvalue weighted by Gasteiger charge is 2.22. The van der Waals surface area contributed by atoms with E-state index in [1.54, 1.807) is 0 Å². The van der Waals surface area contributed by atoms with Crippen molar-refractivity contribution in [1.29, 1.82) is 0 Å². The van der Waals surface area contributed by atoms with E-state index in [-0.39, 0.29) is 35.9 Å². The summed E-state index contributed by atoms with van der Waals surface area (Å²) in [6.07, 6.45) is 3.30. The molecule has 0 unspecified atom stereocenters. The zero-order valence-corrected chi connectivity index (χ0v) is 14.9. The molecule has 3 rings (SSSR count). The summed E-state index contributed by atoms with van der Waals surface area (Å²) >= 11 is 5.75. The summed E-state index contributed by atoms with van der Waals surface area (Å²) in [5, 5.41) is 0. The standard InChI is InChI=1S/C18H19ClFN3O2/c1-11-16(20)17(25-2)22-18(21-11)23(15(24)9-19)10-12-6-7-13-4-3-5-14(13)8-12/h6-8H,3-5,9-10H2,1-2H3. The predicted molar refractivity (Wildman–Crippen MR) is 93.7 cm³/mol. The number of alkyl halides is 1. The molecule has 1 aliphatic carbocycles. The Labute approximate surface area is 150 Å². The van der Waals surface area contributed by atoms with Crippen molar-refractivity contribution in [1.82, 2.24) is 9.97 Å². The first-order valence-electron chi connectivity index (χ1n) is 8.08. The first-order chi connectivity index (χ1) is 12.0. The van der Waals surface area contributed by atoms with Crippen LogP contribution in [0.25, 0.3) is 0 Å². The van der Waals surface area contributed by atoms with E-state index in [1.165, 1.54) is 30.1 Å². The monoisotopic (exact) mass is 363 g/mol. The lowest BCUT2D eigenvalue weighted by Crippen LogP contribution is -2.33. The van der Waals surface area contributed by atoms with Gasteiger partial charge in [0.25, 0.3) is 5.88 Å². The third-order valence-corrected chi connectivity index (χ3v) is 4.56. The van der Waals surface area contributed by atoms with Gasteiger partial charge in [-0.3, -0.25) is 9.69 Å². The summed E-state index contributed by atoms with van der Waals surface area (Å²) in [5.74, 6) is -1.31. The van der Waals surface area contributed by atoms with Crippen LogP contribution < -0.4 is 9.64 Å². The van der Waals surface area contributed by atoms with Crippen LogP contribution in [0.1, 0.15) is 28.8 Å². The number of fused-ring (bicyclic) bond motifs is 1. The molecule has 0 fully saturated rings. The van der Waals surface area contributed by atoms with Gasteiger partial charge in [0.15, 0.2) is 0 Å². The van der Waals surface area contributed by atoms with Gasteiger partial charge in [0.1, 0.15) is 5.88 Å². The lowest BCUT2D eigenvalue weighted by Gasteiger charge is -2.21. The number of ether oxygens (including phenoxy) is 1. The number of aromatic nitrogens is 2. The van der Waals surface area contributed by atoms with E-state index in [9.17, 15) is 9.18 Å². The van der Waals surface area contributed by atoms with Gasteiger partial charge in [-0.05, 0) is 42.9 Å². The third-order valence-electron chi connectivity index (χ3n) is 4.33. The molecular weight excluding hydrogens is 345 g/mol. The SMILES string of the molecule is COc1nc(N(Cc2ccc3c(c2)CCC3)C(=O)CCl)nc(C)c1F. The van der Waals surface area contributed by atoms with Gasteiger partial charge < -0.3 is 4.74 Å². The van der Waals surface area contributed by atoms with Gasteiger partial charge in [-0.1, -0.05) is 18.2 Å². The number of amides is 1. The van der Waals surface area contributed by atoms with Crippen molar-refractivity contribution in [2.45, 2.75) is 32.7 Å². The van der Waals surface area contributed by atoms with Crippen LogP contribution >= 0.6 is 11.6 Å². The number of anilines is 1. The lowest BCUT2D eigenvalue weighted by molar-refractivity contribution is -0.116. The zero-order valence-electron chi connectivity index (χ0n) is 14.2. The number of hydrogen-bond donors (Lipinski definition) is 0. The van der Waals surface area contributed by atoms with E-state index in [4.69, 9.17) is 16.3 Å². The molecule has 1 amide bonds. The summed E-state index contributed by atoms with van der Waals surface area (Å²) in [7, 11) is 1.32. The van der Waals surface area contributed by atoms with Crippen LogP contribution in [0.4, 0.5) is 10.3 Å². The molecule has 0 aliphatic heterocycles. The van der Waals surface area contributed by atoms with Crippen LogP contribution in [0, 0.1) is 12.7 Å². The van der Waals surface area contributed by atoms with Crippen LogP contribution in [0.2, 0.25) is 0 Å². The molecule has 5 nitrogen and oxygen atoms in total. The van der Waals surface area contributed by atoms with Gasteiger partial charge in [-0.25, -0.2) is 4.98 Å². The van der Waals surface area contributed by atoms with Crippen molar-refractivity contribution in [2.75, 3.05) is 17.9 Å². The predicted octanol–water partition coefficient (Wildman–Crippen LogP) is 3.19. The van der Waals surface area contributed by atoms with Crippen LogP contribution in [-0.2, 0) is 24.2 Å². The Kier molecular flexibility index (Phi) is 5.18. The fraction of sp³-hybridized carbons (Fsp3) is 0.389. The van der Waals surface area contributed by atoms with Crippen molar-refractivity contribution >= 4 is 23.5 Å². The molecule has 1 heterocycles. The molecule has 1 aliphatic rings. The highest BCUT2D eigenvalue weighted by atomic mass is 35.5. The molecule has 25 heavy (non-hydrogen) atoms. The molecule has 0 bridgehead atoms. The van der Waals surface area contributed by atoms with Crippen LogP contribution in [0.3, 0.4) is 0 Å². The summed E-state index contributed by atoms with van der Waals surface area (Å²) in [6.45, 7) is 1.77. The average molecular weight is 364 g/mol. The summed E-state index contributed by atoms with van der Waals surface area (Å²) < 4.78 is 18.9. The molecule has 0 saturated carbocycles. The fourth-order valence-electron chi connectivity index (χ4n) is 3.02. The number of halogens is 2. The van der Waals surface area contributed by atoms with Gasteiger partial charge in [0.05, 0.1) is 19.3 Å². The van der Waals surface area contributed by atoms with Crippen LogP contribution in [0.15, 0.2) is 18.2 Å². The zero-order chi connectivity index (χ0) is 18.0. The van der Waals surface area contributed by atoms with Crippen LogP contribution in [0.5, 0.6) is 5.88 Å². The number of nitrogens with zero attached hydrogens (tertiary/aromatic N) is 3. The number of methoxy groups -OCH3 is 1. The minimum atomic E-state index is -0.637. The second kappa shape index (κ2) is 7.35. The fourth-order valence-corrected chi connectivity index (χ4v) is 3.17. The topological polar surface area (TPSA) is 55.3 Å². The van der Waals surface area contributed by atoms with Crippen LogP contribution in [-0.4, -0.2) is 28.9 Å². The van der Waals surface area contributed by atoms with Crippen molar-refractivity contribution in [3.05, 3.63) is 46.4 Å². The van der Waals surface area contributed by atoms with E-state index in [2.05, 4.69) is 22.1 Å². The first kappa shape index (κ1) is 17.6. The van der Waals surface area contributed by atoms with Gasteiger partial charge in [0, 0.05) is 0 Å². The Hall–Kier alpha value is -2.21. The molecule has 0 radical (unpaired) electrons. The summed E-state index contributed by atoms with van der Waals surface area (Å²) in [6, 6.07) is 6.19. The maximum absolute atomic E-state index is 13.9. The summed E-state index contributed by atoms with van der Waals surface area (Å²) in [4.78, 5) is 21.8. The second-order valence-electron chi connectivity index (χ2n) is 6.00. The number of rotatable bonds is 5. The van der Waals surface area contributed by atoms with E-state index in [1.807, 2.05) is 6.07 Å². The highest BCUT2D eigenvalue weighted by molar-refractivity contribution is 6.29. The average Bonchev–Trinajstić information content (AvgIpc) is 3.09. The molecule has 0 spiro atoms. The number of aryl methyl sites for hydroxylation is 3. The Balaban J connectivity index is 1.95. The molecule has 7 heteroatoms. The largest absolute Gasteiger partial charge is 0.479 e. The lowest BCUT2D eigenvalue weighted by atomic mass is 10.1. The maximum Gasteiger partial charge on any atom is 0.255 e. The Morgan fingerprint density at radius 2 is 2.08 bits per heavy atom. The third kappa shape index (κ3) is 3.58. The minimum absolute atomic E-state index is 0.0851. The molecule has 1 aromatic heterocycles. The van der Waals surface area contributed by atoms with Crippen molar-refractivity contribution in [2.24, 2.45) is 0 Å². The molecule has 1 aromatic carbocycles. The number of hydrogen-bond acceptors (Lipinski definition) is 4. The molecule has 0 saturated heterocycles. The highest BCUT2D eigenvalue weighted by Crippen LogP contribution is 2.25. The second-order valence-corrected chi connectivity index (χ2v) is 6.27. The normalized spacial score (nSPS) is 12.8. The Bertz CT molecular complexity index is 813. The van der Waals surface area contributed by atoms with Crippen molar-refractivity contribution in [3.63, 3.8) is 0 Å². The smallest absolute Gasteiger partial charge is 0.255 e. The minimum Gasteiger partial charge on any atom is -0.479 e. The molecule has 0 atom stereocenters. The van der Waals surface area contributed by atoms with E-state index < -0.39 is 5.82 Å². The Morgan fingerprint density at radius 1 is 1.32 bits per heavy atom. The number of carbonyl (C=O) groups excluding carboxylic acids is 1. The van der Waals surface area contributed by atoms with Crippen molar-refractivity contribution < 1.29 is 13.9 Å². The van der Waals surface area contributed by atoms with E-state index in [0.29, 0.717) is 0 Å².